The molecule has 8 nitrogen and oxygen atoms in total. The van der Waals surface area contributed by atoms with Gasteiger partial charge >= 0.3 is 11.9 Å². The quantitative estimate of drug-likeness (QED) is 0.515. The second-order valence-electron chi connectivity index (χ2n) is 10.6. The van der Waals surface area contributed by atoms with E-state index in [1.165, 1.54) is 0 Å². The zero-order chi connectivity index (χ0) is 23.3. The van der Waals surface area contributed by atoms with E-state index in [-0.39, 0.29) is 35.6 Å². The summed E-state index contributed by atoms with van der Waals surface area (Å²) in [5.74, 6) is -2.25. The molecule has 172 valence electrons. The van der Waals surface area contributed by atoms with E-state index in [9.17, 15) is 19.5 Å². The predicted molar refractivity (Wildman–Crippen MR) is 120 cm³/mol. The summed E-state index contributed by atoms with van der Waals surface area (Å²) in [6, 6.07) is 4.80. The van der Waals surface area contributed by atoms with Crippen molar-refractivity contribution in [3.63, 3.8) is 0 Å². The van der Waals surface area contributed by atoms with Crippen molar-refractivity contribution < 1.29 is 24.6 Å². The Hall–Kier alpha value is -2.87. The molecule has 32 heavy (non-hydrogen) atoms. The number of carboxylic acids is 2. The number of rotatable bonds is 7. The van der Waals surface area contributed by atoms with Gasteiger partial charge in [0.15, 0.2) is 0 Å². The number of aromatic amines is 1. The van der Waals surface area contributed by atoms with Crippen molar-refractivity contribution >= 4 is 34.4 Å². The number of anilines is 1. The molecule has 2 fully saturated rings. The summed E-state index contributed by atoms with van der Waals surface area (Å²) in [7, 11) is 0. The molecule has 2 aromatic rings. The Bertz CT molecular complexity index is 1070. The van der Waals surface area contributed by atoms with Crippen LogP contribution in [0, 0.1) is 10.8 Å². The Morgan fingerprint density at radius 2 is 1.94 bits per heavy atom. The van der Waals surface area contributed by atoms with Gasteiger partial charge in [-0.3, -0.25) is 19.3 Å². The van der Waals surface area contributed by atoms with Crippen LogP contribution in [-0.4, -0.2) is 50.5 Å². The normalized spacial score (nSPS) is 25.5. The van der Waals surface area contributed by atoms with Gasteiger partial charge in [-0.1, -0.05) is 26.8 Å². The lowest BCUT2D eigenvalue weighted by molar-refractivity contribution is -0.144. The maximum absolute atomic E-state index is 12.5. The summed E-state index contributed by atoms with van der Waals surface area (Å²) in [6.45, 7) is 7.58. The number of aromatic nitrogens is 1. The highest BCUT2D eigenvalue weighted by Crippen LogP contribution is 2.54. The molecule has 2 aliphatic rings. The van der Waals surface area contributed by atoms with Crippen LogP contribution in [0.3, 0.4) is 0 Å². The Balaban J connectivity index is 1.60. The van der Waals surface area contributed by atoms with Gasteiger partial charge in [-0.25, -0.2) is 0 Å². The van der Waals surface area contributed by atoms with Crippen molar-refractivity contribution in [1.29, 1.82) is 0 Å². The molecular weight excluding hydrogens is 410 g/mol. The van der Waals surface area contributed by atoms with E-state index < -0.39 is 18.0 Å². The van der Waals surface area contributed by atoms with Crippen molar-refractivity contribution in [3.8, 4) is 0 Å². The van der Waals surface area contributed by atoms with Gasteiger partial charge in [0.2, 0.25) is 5.91 Å². The molecule has 1 aromatic heterocycles. The zero-order valence-electron chi connectivity index (χ0n) is 18.8. The molecule has 8 heteroatoms. The van der Waals surface area contributed by atoms with Gasteiger partial charge in [-0.2, -0.15) is 0 Å². The van der Waals surface area contributed by atoms with E-state index in [4.69, 9.17) is 5.11 Å². The zero-order valence-corrected chi connectivity index (χ0v) is 18.8. The van der Waals surface area contributed by atoms with Gasteiger partial charge in [-0.05, 0) is 42.2 Å². The number of hydrogen-bond acceptors (Lipinski definition) is 4. The third-order valence-electron chi connectivity index (χ3n) is 6.88. The number of hydrogen-bond donors (Lipinski definition) is 4. The fourth-order valence-corrected chi connectivity index (χ4v) is 6.16. The van der Waals surface area contributed by atoms with Crippen LogP contribution in [0.15, 0.2) is 24.4 Å². The van der Waals surface area contributed by atoms with E-state index in [1.54, 1.807) is 18.3 Å². The summed E-state index contributed by atoms with van der Waals surface area (Å²) >= 11 is 0. The molecule has 1 aliphatic heterocycles. The topological polar surface area (TPSA) is 123 Å². The summed E-state index contributed by atoms with van der Waals surface area (Å²) in [6.07, 6.45) is 4.54. The summed E-state index contributed by atoms with van der Waals surface area (Å²) in [5.41, 5.74) is 2.32. The molecule has 0 spiro atoms. The highest BCUT2D eigenvalue weighted by molar-refractivity contribution is 5.96. The first-order valence-electron chi connectivity index (χ1n) is 11.1. The second-order valence-corrected chi connectivity index (χ2v) is 10.6. The Morgan fingerprint density at radius 3 is 2.62 bits per heavy atom. The van der Waals surface area contributed by atoms with Gasteiger partial charge in [0, 0.05) is 47.4 Å². The second kappa shape index (κ2) is 7.92. The lowest BCUT2D eigenvalue weighted by atomic mass is 9.65. The molecule has 2 bridgehead atoms. The molecule has 1 amide bonds. The van der Waals surface area contributed by atoms with Crippen LogP contribution in [0.25, 0.3) is 10.9 Å². The Labute approximate surface area is 187 Å². The van der Waals surface area contributed by atoms with Gasteiger partial charge in [-0.15, -0.1) is 0 Å². The Morgan fingerprint density at radius 1 is 1.19 bits per heavy atom. The molecule has 2 heterocycles. The average molecular weight is 442 g/mol. The number of fused-ring (bicyclic) bond motifs is 3. The number of aliphatic carboxylic acids is 2. The molecule has 3 atom stereocenters. The number of nitrogens with zero attached hydrogens (tertiary/aromatic N) is 1. The smallest absolute Gasteiger partial charge is 0.325 e. The van der Waals surface area contributed by atoms with E-state index in [1.807, 2.05) is 6.07 Å². The first kappa shape index (κ1) is 22.3. The molecule has 1 aromatic carbocycles. The summed E-state index contributed by atoms with van der Waals surface area (Å²) in [4.78, 5) is 40.4. The fraction of sp³-hybridized carbons (Fsp3) is 0.542. The van der Waals surface area contributed by atoms with Crippen LogP contribution >= 0.6 is 0 Å². The number of nitrogens with one attached hydrogen (secondary N) is 2. The number of carbonyl (C=O) groups is 3. The number of amides is 1. The number of carboxylic acid groups (broad SMARTS) is 2. The lowest BCUT2D eigenvalue weighted by Gasteiger charge is -2.40. The van der Waals surface area contributed by atoms with Crippen molar-refractivity contribution in [2.75, 3.05) is 11.9 Å². The SMILES string of the molecule is CC1(C)C[C@H]2C[C@@](C)(CN2[C@H](C(=O)O)c2c[nH]c3cc(NC(=O)CCC(=O)O)ccc23)C1. The first-order chi connectivity index (χ1) is 15.0. The van der Waals surface area contributed by atoms with E-state index in [0.29, 0.717) is 5.69 Å². The average Bonchev–Trinajstić information content (AvgIpc) is 3.17. The predicted octanol–water partition coefficient (Wildman–Crippen LogP) is 4.00. The van der Waals surface area contributed by atoms with Gasteiger partial charge in [0.25, 0.3) is 0 Å². The molecule has 0 radical (unpaired) electrons. The highest BCUT2D eigenvalue weighted by Gasteiger charge is 2.52. The van der Waals surface area contributed by atoms with Gasteiger partial charge in [0.05, 0.1) is 6.42 Å². The van der Waals surface area contributed by atoms with E-state index in [0.717, 1.165) is 42.3 Å². The molecule has 1 aliphatic carbocycles. The van der Waals surface area contributed by atoms with Crippen molar-refractivity contribution in [1.82, 2.24) is 9.88 Å². The number of H-pyrrole nitrogens is 1. The molecule has 1 saturated heterocycles. The number of benzene rings is 1. The highest BCUT2D eigenvalue weighted by atomic mass is 16.4. The minimum atomic E-state index is -1.02. The van der Waals surface area contributed by atoms with Crippen LogP contribution in [0.4, 0.5) is 5.69 Å². The van der Waals surface area contributed by atoms with Gasteiger partial charge < -0.3 is 20.5 Å². The van der Waals surface area contributed by atoms with Crippen LogP contribution in [0.5, 0.6) is 0 Å². The number of likely N-dealkylation sites (tertiary alicyclic amines) is 1. The summed E-state index contributed by atoms with van der Waals surface area (Å²) < 4.78 is 0. The molecular formula is C24H31N3O5. The minimum absolute atomic E-state index is 0.101. The van der Waals surface area contributed by atoms with E-state index >= 15 is 0 Å². The van der Waals surface area contributed by atoms with Crippen molar-refractivity contribution in [2.24, 2.45) is 10.8 Å². The lowest BCUT2D eigenvalue weighted by Crippen LogP contribution is -2.39. The molecule has 1 saturated carbocycles. The number of carbonyl (C=O) groups excluding carboxylic acids is 1. The molecule has 4 N–H and O–H groups in total. The van der Waals surface area contributed by atoms with Crippen LogP contribution in [-0.2, 0) is 14.4 Å². The molecule has 0 unspecified atom stereocenters. The van der Waals surface area contributed by atoms with Crippen LogP contribution < -0.4 is 5.32 Å². The molecule has 4 rings (SSSR count). The first-order valence-corrected chi connectivity index (χ1v) is 11.1. The van der Waals surface area contributed by atoms with E-state index in [2.05, 4.69) is 36.0 Å². The van der Waals surface area contributed by atoms with Gasteiger partial charge in [0.1, 0.15) is 6.04 Å². The van der Waals surface area contributed by atoms with Crippen molar-refractivity contribution in [3.05, 3.63) is 30.0 Å². The van der Waals surface area contributed by atoms with Crippen molar-refractivity contribution in [2.45, 2.75) is 65.0 Å². The maximum Gasteiger partial charge on any atom is 0.325 e. The largest absolute Gasteiger partial charge is 0.481 e. The van der Waals surface area contributed by atoms with Crippen LogP contribution in [0.2, 0.25) is 0 Å². The van der Waals surface area contributed by atoms with Crippen LogP contribution in [0.1, 0.15) is 64.5 Å². The third-order valence-corrected chi connectivity index (χ3v) is 6.88. The standard InChI is InChI=1S/C24H31N3O5/c1-23(2)9-15-10-24(3,12-23)13-27(15)21(22(31)32)17-11-25-18-8-14(4-5-16(17)18)26-19(28)6-7-20(29)30/h4-5,8,11,15,21,25H,6-7,9-10,12-13H2,1-3H3,(H,26,28)(H,29,30)(H,31,32)/t15-,21-,24+/m0/s1. The third kappa shape index (κ3) is 4.37. The minimum Gasteiger partial charge on any atom is -0.481 e. The maximum atomic E-state index is 12.5. The monoisotopic (exact) mass is 441 g/mol. The summed E-state index contributed by atoms with van der Waals surface area (Å²) in [5, 5.41) is 22.5. The fourth-order valence-electron chi connectivity index (χ4n) is 6.16. The Kier molecular flexibility index (Phi) is 5.53.